The molecule has 0 bridgehead atoms. The van der Waals surface area contributed by atoms with Crippen LogP contribution >= 0.6 is 0 Å². The van der Waals surface area contributed by atoms with Crippen molar-refractivity contribution in [2.24, 2.45) is 0 Å². The molecule has 0 N–H and O–H groups in total. The fourth-order valence-electron chi connectivity index (χ4n) is 3.46. The Morgan fingerprint density at radius 3 is 2.03 bits per heavy atom. The Labute approximate surface area is 187 Å². The zero-order valence-corrected chi connectivity index (χ0v) is 18.2. The Morgan fingerprint density at radius 1 is 0.781 bits per heavy atom. The molecule has 32 heavy (non-hydrogen) atoms. The summed E-state index contributed by atoms with van der Waals surface area (Å²) in [7, 11) is 0. The molecule has 0 aliphatic carbocycles. The van der Waals surface area contributed by atoms with E-state index in [4.69, 9.17) is 14.2 Å². The van der Waals surface area contributed by atoms with Gasteiger partial charge in [0.05, 0.1) is 5.56 Å². The number of hydrogen-bond acceptors (Lipinski definition) is 5. The highest BCUT2D eigenvalue weighted by atomic mass is 16.6. The summed E-state index contributed by atoms with van der Waals surface area (Å²) in [4.78, 5) is 26.0. The van der Waals surface area contributed by atoms with Crippen LogP contribution in [0.2, 0.25) is 0 Å². The molecule has 0 fully saturated rings. The van der Waals surface area contributed by atoms with Gasteiger partial charge in [-0.15, -0.1) is 0 Å². The summed E-state index contributed by atoms with van der Waals surface area (Å²) in [5, 5.41) is 0. The normalized spacial score (nSPS) is 15.4. The van der Waals surface area contributed by atoms with Crippen LogP contribution in [-0.2, 0) is 19.0 Å². The number of rotatable bonds is 4. The molecule has 0 saturated carbocycles. The number of hydrogen-bond donors (Lipinski definition) is 0. The standard InChI is InChI=1S/C27H24O5/c1-27(2,3)32-26(29)24-23(31-25(28)19-14-8-5-9-15-19)21-17-11-10-16-20(21)22(30-24)18-12-6-4-7-13-18/h4-17,22H,1-3H3/t22-/m0/s1. The van der Waals surface area contributed by atoms with Crippen molar-refractivity contribution in [2.45, 2.75) is 32.5 Å². The van der Waals surface area contributed by atoms with Crippen molar-refractivity contribution in [3.05, 3.63) is 113 Å². The van der Waals surface area contributed by atoms with Gasteiger partial charge < -0.3 is 14.2 Å². The summed E-state index contributed by atoms with van der Waals surface area (Å²) in [5.41, 5.74) is 1.89. The summed E-state index contributed by atoms with van der Waals surface area (Å²) in [6.07, 6.45) is -0.547. The van der Waals surface area contributed by atoms with Crippen LogP contribution in [0.15, 0.2) is 90.7 Å². The lowest BCUT2D eigenvalue weighted by Crippen LogP contribution is -2.29. The number of carbonyl (C=O) groups excluding carboxylic acids is 2. The van der Waals surface area contributed by atoms with Crippen molar-refractivity contribution in [1.82, 2.24) is 0 Å². The minimum absolute atomic E-state index is 0.0517. The average Bonchev–Trinajstić information content (AvgIpc) is 2.79. The van der Waals surface area contributed by atoms with Crippen LogP contribution in [0.3, 0.4) is 0 Å². The van der Waals surface area contributed by atoms with Gasteiger partial charge in [-0.3, -0.25) is 0 Å². The fraction of sp³-hybridized carbons (Fsp3) is 0.185. The largest absolute Gasteiger partial charge is 0.471 e. The minimum atomic E-state index is -0.749. The Kier molecular flexibility index (Phi) is 5.82. The van der Waals surface area contributed by atoms with Crippen LogP contribution in [0, 0.1) is 0 Å². The monoisotopic (exact) mass is 428 g/mol. The first-order valence-corrected chi connectivity index (χ1v) is 10.4. The highest BCUT2D eigenvalue weighted by Crippen LogP contribution is 2.41. The summed E-state index contributed by atoms with van der Waals surface area (Å²) in [6.45, 7) is 5.31. The molecule has 5 nitrogen and oxygen atoms in total. The van der Waals surface area contributed by atoms with Crippen LogP contribution in [0.4, 0.5) is 0 Å². The van der Waals surface area contributed by atoms with Crippen molar-refractivity contribution in [1.29, 1.82) is 0 Å². The molecule has 3 aromatic carbocycles. The van der Waals surface area contributed by atoms with Gasteiger partial charge in [-0.1, -0.05) is 72.8 Å². The van der Waals surface area contributed by atoms with E-state index in [1.165, 1.54) is 0 Å². The summed E-state index contributed by atoms with van der Waals surface area (Å²) in [5.74, 6) is -1.35. The van der Waals surface area contributed by atoms with Gasteiger partial charge in [0.15, 0.2) is 11.9 Å². The van der Waals surface area contributed by atoms with E-state index in [2.05, 4.69) is 0 Å². The first-order valence-electron chi connectivity index (χ1n) is 10.4. The van der Waals surface area contributed by atoms with E-state index in [-0.39, 0.29) is 11.5 Å². The van der Waals surface area contributed by atoms with Crippen molar-refractivity contribution < 1.29 is 23.8 Å². The van der Waals surface area contributed by atoms with Gasteiger partial charge >= 0.3 is 11.9 Å². The third-order valence-corrected chi connectivity index (χ3v) is 4.82. The lowest BCUT2D eigenvalue weighted by Gasteiger charge is -2.30. The Morgan fingerprint density at radius 2 is 1.38 bits per heavy atom. The Hall–Kier alpha value is -3.86. The lowest BCUT2D eigenvalue weighted by atomic mass is 9.93. The van der Waals surface area contributed by atoms with Crippen molar-refractivity contribution in [2.75, 3.05) is 0 Å². The molecule has 1 aliphatic rings. The average molecular weight is 428 g/mol. The summed E-state index contributed by atoms with van der Waals surface area (Å²) >= 11 is 0. The quantitative estimate of drug-likeness (QED) is 0.501. The molecule has 1 aliphatic heterocycles. The molecule has 5 heteroatoms. The van der Waals surface area contributed by atoms with Crippen molar-refractivity contribution in [3.8, 4) is 0 Å². The second-order valence-electron chi connectivity index (χ2n) is 8.41. The molecule has 1 atom stereocenters. The predicted molar refractivity (Wildman–Crippen MR) is 120 cm³/mol. The third-order valence-electron chi connectivity index (χ3n) is 4.82. The highest BCUT2D eigenvalue weighted by molar-refractivity contribution is 6.00. The zero-order chi connectivity index (χ0) is 22.7. The molecule has 0 aromatic heterocycles. The van der Waals surface area contributed by atoms with Crippen LogP contribution < -0.4 is 0 Å². The number of esters is 2. The van der Waals surface area contributed by atoms with Crippen LogP contribution in [-0.4, -0.2) is 17.5 Å². The van der Waals surface area contributed by atoms with Gasteiger partial charge in [-0.05, 0) is 38.5 Å². The van der Waals surface area contributed by atoms with Crippen LogP contribution in [0.1, 0.15) is 53.9 Å². The Bertz CT molecular complexity index is 1160. The van der Waals surface area contributed by atoms with Gasteiger partial charge in [0, 0.05) is 11.1 Å². The highest BCUT2D eigenvalue weighted by Gasteiger charge is 2.37. The molecular weight excluding hydrogens is 404 g/mol. The number of ether oxygens (including phenoxy) is 3. The topological polar surface area (TPSA) is 61.8 Å². The van der Waals surface area contributed by atoms with E-state index in [0.717, 1.165) is 11.1 Å². The minimum Gasteiger partial charge on any atom is -0.471 e. The molecule has 0 amide bonds. The molecular formula is C27H24O5. The molecule has 1 heterocycles. The third kappa shape index (κ3) is 4.57. The predicted octanol–water partition coefficient (Wildman–Crippen LogP) is 5.67. The smallest absolute Gasteiger partial charge is 0.378 e. The molecule has 3 aromatic rings. The number of fused-ring (bicyclic) bond motifs is 1. The lowest BCUT2D eigenvalue weighted by molar-refractivity contribution is -0.155. The van der Waals surface area contributed by atoms with Crippen LogP contribution in [0.5, 0.6) is 0 Å². The molecule has 0 radical (unpaired) electrons. The molecule has 0 spiro atoms. The van der Waals surface area contributed by atoms with E-state index in [9.17, 15) is 9.59 Å². The van der Waals surface area contributed by atoms with E-state index in [0.29, 0.717) is 11.1 Å². The number of carbonyl (C=O) groups is 2. The van der Waals surface area contributed by atoms with E-state index in [1.54, 1.807) is 45.0 Å². The van der Waals surface area contributed by atoms with Crippen LogP contribution in [0.25, 0.3) is 5.76 Å². The second-order valence-corrected chi connectivity index (χ2v) is 8.41. The van der Waals surface area contributed by atoms with Gasteiger partial charge in [-0.2, -0.15) is 0 Å². The van der Waals surface area contributed by atoms with Crippen molar-refractivity contribution >= 4 is 17.7 Å². The molecule has 4 rings (SSSR count). The maximum Gasteiger partial charge on any atom is 0.378 e. The molecule has 162 valence electrons. The van der Waals surface area contributed by atoms with E-state index < -0.39 is 23.6 Å². The number of benzene rings is 3. The van der Waals surface area contributed by atoms with Gasteiger partial charge in [0.1, 0.15) is 5.60 Å². The van der Waals surface area contributed by atoms with E-state index >= 15 is 0 Å². The molecule has 0 unspecified atom stereocenters. The Balaban J connectivity index is 1.83. The summed E-state index contributed by atoms with van der Waals surface area (Å²) < 4.78 is 17.5. The van der Waals surface area contributed by atoms with E-state index in [1.807, 2.05) is 60.7 Å². The maximum absolute atomic E-state index is 13.1. The fourth-order valence-corrected chi connectivity index (χ4v) is 3.46. The maximum atomic E-state index is 13.1. The summed E-state index contributed by atoms with van der Waals surface area (Å²) in [6, 6.07) is 25.6. The van der Waals surface area contributed by atoms with Gasteiger partial charge in [0.2, 0.25) is 5.76 Å². The first kappa shape index (κ1) is 21.4. The second kappa shape index (κ2) is 8.71. The zero-order valence-electron chi connectivity index (χ0n) is 18.2. The molecule has 0 saturated heterocycles. The van der Waals surface area contributed by atoms with Gasteiger partial charge in [-0.25, -0.2) is 9.59 Å². The first-order chi connectivity index (χ1) is 15.3. The van der Waals surface area contributed by atoms with Gasteiger partial charge in [0.25, 0.3) is 0 Å². The van der Waals surface area contributed by atoms with Crippen molar-refractivity contribution in [3.63, 3.8) is 0 Å². The SMILES string of the molecule is CC(C)(C)OC(=O)C1=C(OC(=O)c2ccccc2)c2ccccc2[C@H](c2ccccc2)O1.